The summed E-state index contributed by atoms with van der Waals surface area (Å²) in [6.07, 6.45) is 3.24. The molecule has 194 valence electrons. The maximum Gasteiger partial charge on any atom is 0.213 e. The molecule has 1 saturated carbocycles. The molecule has 3 aromatic rings. The summed E-state index contributed by atoms with van der Waals surface area (Å²) in [6, 6.07) is 4.23. The third-order valence-corrected chi connectivity index (χ3v) is 7.23. The molecule has 0 unspecified atom stereocenters. The van der Waals surface area contributed by atoms with Crippen LogP contribution in [0, 0.1) is 5.92 Å². The van der Waals surface area contributed by atoms with Gasteiger partial charge < -0.3 is 10.0 Å². The SMILES string of the molecule is CC[C@@H]1CC[C@H](F)[C@H](N(c2cnc(-c3ccc(-c4nnn(C(S)(S)S)n4)cc3O)nn2)C(S)(S)S)C1. The van der Waals surface area contributed by atoms with Crippen molar-refractivity contribution in [1.82, 2.24) is 35.4 Å². The van der Waals surface area contributed by atoms with Gasteiger partial charge >= 0.3 is 0 Å². The second-order valence-corrected chi connectivity index (χ2v) is 14.5. The summed E-state index contributed by atoms with van der Waals surface area (Å²) in [6.45, 7) is 2.10. The molecule has 1 aliphatic rings. The number of tetrazole rings is 1. The van der Waals surface area contributed by atoms with Crippen molar-refractivity contribution in [1.29, 1.82) is 0 Å². The van der Waals surface area contributed by atoms with Gasteiger partial charge in [0.15, 0.2) is 15.2 Å². The minimum atomic E-state index is -1.29. The van der Waals surface area contributed by atoms with Gasteiger partial charge in [-0.2, -0.15) is 0 Å². The van der Waals surface area contributed by atoms with Crippen molar-refractivity contribution in [3.8, 4) is 28.5 Å². The highest BCUT2D eigenvalue weighted by Gasteiger charge is 2.41. The lowest BCUT2D eigenvalue weighted by atomic mass is 9.82. The molecule has 9 nitrogen and oxygen atoms in total. The number of hydrogen-bond donors (Lipinski definition) is 7. The number of hydrogen-bond acceptors (Lipinski definition) is 14. The first-order chi connectivity index (χ1) is 16.9. The van der Waals surface area contributed by atoms with Gasteiger partial charge in [0.25, 0.3) is 0 Å². The number of rotatable bonds is 7. The number of halogens is 1. The predicted octanol–water partition coefficient (Wildman–Crippen LogP) is 4.38. The Morgan fingerprint density at radius 2 is 1.83 bits per heavy atom. The zero-order valence-corrected chi connectivity index (χ0v) is 24.3. The average Bonchev–Trinajstić information content (AvgIpc) is 3.31. The van der Waals surface area contributed by atoms with E-state index in [0.717, 1.165) is 17.6 Å². The third kappa shape index (κ3) is 6.14. The van der Waals surface area contributed by atoms with E-state index in [1.807, 2.05) is 0 Å². The maximum atomic E-state index is 15.0. The molecule has 1 N–H and O–H groups in total. The highest BCUT2D eigenvalue weighted by molar-refractivity contribution is 8.17. The summed E-state index contributed by atoms with van der Waals surface area (Å²) >= 11 is 25.9. The zero-order valence-electron chi connectivity index (χ0n) is 19.0. The van der Waals surface area contributed by atoms with E-state index in [2.05, 4.69) is 113 Å². The first-order valence-corrected chi connectivity index (χ1v) is 13.7. The van der Waals surface area contributed by atoms with Crippen LogP contribution in [-0.2, 0) is 3.54 Å². The molecule has 2 heterocycles. The highest BCUT2D eigenvalue weighted by atomic mass is 32.2. The number of thiol groups is 6. The van der Waals surface area contributed by atoms with E-state index in [1.165, 1.54) is 12.3 Å². The molecule has 1 aromatic carbocycles. The fourth-order valence-electron chi connectivity index (χ4n) is 4.20. The van der Waals surface area contributed by atoms with Crippen LogP contribution >= 0.6 is 75.8 Å². The summed E-state index contributed by atoms with van der Waals surface area (Å²) in [5, 5.41) is 31.0. The van der Waals surface area contributed by atoms with Crippen LogP contribution in [0.15, 0.2) is 24.4 Å². The molecule has 1 fully saturated rings. The molecule has 0 aliphatic heterocycles. The molecule has 2 aromatic heterocycles. The second kappa shape index (κ2) is 11.0. The Hall–Kier alpha value is -1.07. The molecule has 0 saturated heterocycles. The quantitative estimate of drug-likeness (QED) is 0.158. The van der Waals surface area contributed by atoms with Crippen LogP contribution in [0.25, 0.3) is 22.8 Å². The molecule has 0 bridgehead atoms. The Morgan fingerprint density at radius 1 is 1.08 bits per heavy atom. The van der Waals surface area contributed by atoms with Crippen molar-refractivity contribution < 1.29 is 9.50 Å². The smallest absolute Gasteiger partial charge is 0.213 e. The molecule has 3 atom stereocenters. The van der Waals surface area contributed by atoms with Crippen LogP contribution in [-0.4, -0.2) is 56.2 Å². The van der Waals surface area contributed by atoms with Gasteiger partial charge in [0.2, 0.25) is 9.36 Å². The molecule has 0 spiro atoms. The fraction of sp³-hybridized carbons (Fsp3) is 0.500. The van der Waals surface area contributed by atoms with Crippen LogP contribution < -0.4 is 4.90 Å². The third-order valence-electron chi connectivity index (χ3n) is 6.05. The van der Waals surface area contributed by atoms with Gasteiger partial charge in [0.05, 0.1) is 17.8 Å². The summed E-state index contributed by atoms with van der Waals surface area (Å²) < 4.78 is 12.5. The standard InChI is InChI=1S/C20H25FN8OS6/c1-2-10-3-6-13(21)14(7-10)28(19(31,32)33)16-9-22-18(24-23-16)12-5-4-11(8-15(12)30)17-25-27-29(26-17)20(34,35)36/h4-5,8-10,13-14,30-36H,2-3,6-7H2,1H3/t10-,13+,14-/m1/s1. The number of nitrogens with zero attached hydrogens (tertiary/aromatic N) is 8. The first kappa shape index (κ1) is 28.0. The number of phenolic OH excluding ortho intramolecular Hbond substituents is 1. The van der Waals surface area contributed by atoms with Crippen LogP contribution in [0.2, 0.25) is 0 Å². The van der Waals surface area contributed by atoms with Crippen molar-refractivity contribution in [3.63, 3.8) is 0 Å². The molecule has 36 heavy (non-hydrogen) atoms. The van der Waals surface area contributed by atoms with E-state index in [0.29, 0.717) is 29.9 Å². The fourth-order valence-corrected chi connectivity index (χ4v) is 5.20. The molecular formula is C20H25FN8OS6. The van der Waals surface area contributed by atoms with Crippen LogP contribution in [0.3, 0.4) is 0 Å². The number of alkyl halides is 1. The van der Waals surface area contributed by atoms with Crippen LogP contribution in [0.4, 0.5) is 10.2 Å². The zero-order chi connectivity index (χ0) is 26.3. The van der Waals surface area contributed by atoms with E-state index in [4.69, 9.17) is 0 Å². The lowest BCUT2D eigenvalue weighted by Gasteiger charge is -2.44. The minimum absolute atomic E-state index is 0.113. The van der Waals surface area contributed by atoms with Crippen molar-refractivity contribution in [2.45, 2.75) is 51.9 Å². The lowest BCUT2D eigenvalue weighted by Crippen LogP contribution is -2.52. The summed E-state index contributed by atoms with van der Waals surface area (Å²) in [5.74, 6) is 0.981. The second-order valence-electron chi connectivity index (χ2n) is 8.52. The molecule has 16 heteroatoms. The van der Waals surface area contributed by atoms with E-state index in [-0.39, 0.29) is 23.2 Å². The first-order valence-electron chi connectivity index (χ1n) is 11.0. The Bertz CT molecular complexity index is 1200. The Labute approximate surface area is 240 Å². The average molecular weight is 605 g/mol. The van der Waals surface area contributed by atoms with E-state index in [1.54, 1.807) is 17.0 Å². The van der Waals surface area contributed by atoms with Crippen molar-refractivity contribution in [2.24, 2.45) is 5.92 Å². The molecule has 0 amide bonds. The molecule has 1 aliphatic carbocycles. The van der Waals surface area contributed by atoms with Gasteiger partial charge in [0.1, 0.15) is 11.9 Å². The largest absolute Gasteiger partial charge is 0.507 e. The van der Waals surface area contributed by atoms with Gasteiger partial charge in [0, 0.05) is 5.56 Å². The normalized spacial score (nSPS) is 20.9. The monoisotopic (exact) mass is 604 g/mol. The van der Waals surface area contributed by atoms with Gasteiger partial charge in [-0.3, -0.25) is 0 Å². The number of phenols is 1. The maximum absolute atomic E-state index is 15.0. The Morgan fingerprint density at radius 3 is 2.39 bits per heavy atom. The molecule has 4 rings (SSSR count). The molecule has 0 radical (unpaired) electrons. The summed E-state index contributed by atoms with van der Waals surface area (Å²) in [5.41, 5.74) is 0.837. The topological polar surface area (TPSA) is 106 Å². The number of anilines is 1. The van der Waals surface area contributed by atoms with E-state index >= 15 is 0 Å². The summed E-state index contributed by atoms with van der Waals surface area (Å²) in [7, 11) is 0. The van der Waals surface area contributed by atoms with Gasteiger partial charge in [-0.05, 0) is 42.5 Å². The number of aromatic hydroxyl groups is 1. The molecular weight excluding hydrogens is 580 g/mol. The Balaban J connectivity index is 1.60. The Kier molecular flexibility index (Phi) is 8.51. The van der Waals surface area contributed by atoms with Gasteiger partial charge in [-0.1, -0.05) is 19.4 Å². The lowest BCUT2D eigenvalue weighted by molar-refractivity contribution is 0.168. The van der Waals surface area contributed by atoms with Crippen LogP contribution in [0.1, 0.15) is 32.6 Å². The number of aromatic nitrogens is 7. The number of benzene rings is 1. The highest BCUT2D eigenvalue weighted by Crippen LogP contribution is 2.42. The van der Waals surface area contributed by atoms with E-state index in [9.17, 15) is 9.50 Å². The van der Waals surface area contributed by atoms with Gasteiger partial charge in [-0.25, -0.2) is 9.37 Å². The van der Waals surface area contributed by atoms with Crippen molar-refractivity contribution in [2.75, 3.05) is 4.90 Å². The van der Waals surface area contributed by atoms with Gasteiger partial charge in [-0.15, -0.1) is 101 Å². The minimum Gasteiger partial charge on any atom is -0.507 e. The summed E-state index contributed by atoms with van der Waals surface area (Å²) in [4.78, 5) is 7.08. The van der Waals surface area contributed by atoms with Crippen molar-refractivity contribution in [3.05, 3.63) is 24.4 Å². The van der Waals surface area contributed by atoms with Crippen LogP contribution in [0.5, 0.6) is 5.75 Å². The van der Waals surface area contributed by atoms with Crippen molar-refractivity contribution >= 4 is 81.6 Å². The van der Waals surface area contributed by atoms with E-state index < -0.39 is 19.3 Å². The predicted molar refractivity (Wildman–Crippen MR) is 157 cm³/mol.